The molecule has 2 rings (SSSR count). The molecule has 0 radical (unpaired) electrons. The van der Waals surface area contributed by atoms with E-state index in [0.29, 0.717) is 0 Å². The number of nitrogens with one attached hydrogen (secondary N) is 2. The molecule has 3 N–H and O–H groups in total. The van der Waals surface area contributed by atoms with Crippen molar-refractivity contribution >= 4 is 41.7 Å². The van der Waals surface area contributed by atoms with Gasteiger partial charge in [-0.25, -0.2) is 0 Å². The summed E-state index contributed by atoms with van der Waals surface area (Å²) in [6.45, 7) is 6.58. The van der Waals surface area contributed by atoms with E-state index in [1.54, 1.807) is 0 Å². The zero-order valence-corrected chi connectivity index (χ0v) is 25.3. The van der Waals surface area contributed by atoms with Gasteiger partial charge in [-0.1, -0.05) is 0 Å². The average Bonchev–Trinajstić information content (AvgIpc) is 2.87. The number of hydrogen-bond donors (Lipinski definition) is 3. The molecular formula is C26H38N2O16. The van der Waals surface area contributed by atoms with Gasteiger partial charge in [-0.05, 0) is 0 Å². The fourth-order valence-electron chi connectivity index (χ4n) is 4.70. The van der Waals surface area contributed by atoms with E-state index in [0.717, 1.165) is 48.5 Å². The highest BCUT2D eigenvalue weighted by molar-refractivity contribution is 5.74. The molecule has 0 aromatic rings. The Balaban J connectivity index is 2.66. The van der Waals surface area contributed by atoms with Crippen LogP contribution in [-0.2, 0) is 71.5 Å². The van der Waals surface area contributed by atoms with Gasteiger partial charge in [0.25, 0.3) is 0 Å². The maximum atomic E-state index is 12.3. The third-order valence-corrected chi connectivity index (χ3v) is 6.15. The molecule has 0 spiro atoms. The molecule has 2 amide bonds. The molecule has 0 aromatic heterocycles. The molecule has 2 fully saturated rings. The third kappa shape index (κ3) is 10.7. The topological polar surface area (TPSA) is 238 Å². The number of carbonyl (C=O) groups is 7. The van der Waals surface area contributed by atoms with Crippen LogP contribution in [-0.4, -0.2) is 121 Å². The predicted octanol–water partition coefficient (Wildman–Crippen LogP) is -2.26. The Morgan fingerprint density at radius 2 is 0.977 bits per heavy atom. The smallest absolute Gasteiger partial charge is 0.303 e. The minimum Gasteiger partial charge on any atom is -0.463 e. The van der Waals surface area contributed by atoms with Gasteiger partial charge in [-0.2, -0.15) is 0 Å². The quantitative estimate of drug-likeness (QED) is 0.161. The largest absolute Gasteiger partial charge is 0.463 e. The molecular weight excluding hydrogens is 596 g/mol. The lowest BCUT2D eigenvalue weighted by molar-refractivity contribution is -0.330. The van der Waals surface area contributed by atoms with Crippen LogP contribution in [0.5, 0.6) is 0 Å². The lowest BCUT2D eigenvalue weighted by Crippen LogP contribution is -2.70. The molecule has 18 nitrogen and oxygen atoms in total. The van der Waals surface area contributed by atoms with E-state index >= 15 is 0 Å². The second kappa shape index (κ2) is 16.3. The van der Waals surface area contributed by atoms with Crippen molar-refractivity contribution in [1.82, 2.24) is 10.6 Å². The molecule has 0 aliphatic carbocycles. The lowest BCUT2D eigenvalue weighted by Gasteiger charge is -2.49. The number of rotatable bonds is 11. The number of aliphatic hydroxyl groups excluding tert-OH is 1. The minimum atomic E-state index is -1.78. The zero-order chi connectivity index (χ0) is 33.3. The summed E-state index contributed by atoms with van der Waals surface area (Å²) < 4.78 is 44.2. The molecule has 0 bridgehead atoms. The fraction of sp³-hybridized carbons (Fsp3) is 0.731. The molecule has 0 aromatic carbocycles. The first-order valence-electron chi connectivity index (χ1n) is 13.5. The Kier molecular flexibility index (Phi) is 13.4. The van der Waals surface area contributed by atoms with Crippen molar-refractivity contribution in [2.24, 2.45) is 0 Å². The van der Waals surface area contributed by atoms with Crippen LogP contribution in [0.1, 0.15) is 48.5 Å². The van der Waals surface area contributed by atoms with Crippen LogP contribution in [0, 0.1) is 0 Å². The van der Waals surface area contributed by atoms with Crippen molar-refractivity contribution in [3.63, 3.8) is 0 Å². The Morgan fingerprint density at radius 1 is 0.568 bits per heavy atom. The monoisotopic (exact) mass is 634 g/mol. The van der Waals surface area contributed by atoms with Crippen LogP contribution in [0.3, 0.4) is 0 Å². The van der Waals surface area contributed by atoms with Crippen molar-refractivity contribution in [3.05, 3.63) is 0 Å². The van der Waals surface area contributed by atoms with E-state index in [1.165, 1.54) is 0 Å². The van der Waals surface area contributed by atoms with Gasteiger partial charge in [-0.3, -0.25) is 33.6 Å². The van der Waals surface area contributed by atoms with Crippen molar-refractivity contribution < 1.29 is 76.6 Å². The molecule has 2 heterocycles. The summed E-state index contributed by atoms with van der Waals surface area (Å²) in [5, 5.41) is 15.6. The van der Waals surface area contributed by atoms with E-state index < -0.39 is 116 Å². The summed E-state index contributed by atoms with van der Waals surface area (Å²) >= 11 is 0. The number of amides is 2. The van der Waals surface area contributed by atoms with Crippen LogP contribution in [0.15, 0.2) is 0 Å². The Labute approximate surface area is 252 Å². The van der Waals surface area contributed by atoms with Gasteiger partial charge in [0.05, 0.1) is 0 Å². The molecule has 4 unspecified atom stereocenters. The SMILES string of the molecule is CC(=O)NC1[C@H](O[C@@H]2C(COC(C)=O)O[C@H](O)C(NC(C)=O)[C@H]2OC(C)=O)OC(COC(C)=O)[C@@H](OC(C)=O)[C@@H]1OC(C)=O. The number of hydrogen-bond acceptors (Lipinski definition) is 16. The van der Waals surface area contributed by atoms with Gasteiger partial charge in [0.15, 0.2) is 30.9 Å². The van der Waals surface area contributed by atoms with Crippen molar-refractivity contribution in [3.8, 4) is 0 Å². The van der Waals surface area contributed by atoms with Crippen molar-refractivity contribution in [1.29, 1.82) is 0 Å². The lowest BCUT2D eigenvalue weighted by atomic mass is 9.94. The van der Waals surface area contributed by atoms with E-state index in [1.807, 2.05) is 0 Å². The number of aliphatic hydroxyl groups is 1. The second-order valence-electron chi connectivity index (χ2n) is 9.99. The molecule has 10 atom stereocenters. The minimum absolute atomic E-state index is 0.531. The van der Waals surface area contributed by atoms with E-state index in [9.17, 15) is 38.7 Å². The Morgan fingerprint density at radius 3 is 1.41 bits per heavy atom. The molecule has 2 saturated heterocycles. The van der Waals surface area contributed by atoms with Crippen LogP contribution in [0.2, 0.25) is 0 Å². The Hall–Kier alpha value is -3.87. The molecule has 44 heavy (non-hydrogen) atoms. The number of ether oxygens (including phenoxy) is 8. The number of esters is 5. The van der Waals surface area contributed by atoms with Gasteiger partial charge >= 0.3 is 29.8 Å². The normalized spacial score (nSPS) is 31.5. The summed E-state index contributed by atoms with van der Waals surface area (Å²) in [5.74, 6) is -5.31. The highest BCUT2D eigenvalue weighted by atomic mass is 16.7. The van der Waals surface area contributed by atoms with Gasteiger partial charge in [-0.15, -0.1) is 0 Å². The van der Waals surface area contributed by atoms with Gasteiger partial charge in [0.1, 0.15) is 43.6 Å². The van der Waals surface area contributed by atoms with Crippen molar-refractivity contribution in [2.45, 2.75) is 110 Å². The highest BCUT2D eigenvalue weighted by Gasteiger charge is 2.55. The maximum Gasteiger partial charge on any atom is 0.303 e. The van der Waals surface area contributed by atoms with Crippen LogP contribution < -0.4 is 10.6 Å². The molecule has 0 saturated carbocycles. The summed E-state index contributed by atoms with van der Waals surface area (Å²) in [7, 11) is 0. The maximum absolute atomic E-state index is 12.3. The fourth-order valence-corrected chi connectivity index (χ4v) is 4.70. The first-order chi connectivity index (χ1) is 20.5. The summed E-state index contributed by atoms with van der Waals surface area (Å²) in [6, 6.07) is -2.83. The van der Waals surface area contributed by atoms with Crippen LogP contribution in [0.4, 0.5) is 0 Å². The van der Waals surface area contributed by atoms with E-state index in [4.69, 9.17) is 37.9 Å². The average molecular weight is 635 g/mol. The number of carbonyl (C=O) groups excluding carboxylic acids is 7. The van der Waals surface area contributed by atoms with E-state index in [2.05, 4.69) is 10.6 Å². The molecule has 248 valence electrons. The van der Waals surface area contributed by atoms with Gasteiger partial charge < -0.3 is 53.6 Å². The summed E-state index contributed by atoms with van der Waals surface area (Å²) in [6.07, 6.45) is -12.1. The first-order valence-corrected chi connectivity index (χ1v) is 13.5. The van der Waals surface area contributed by atoms with Gasteiger partial charge in [0, 0.05) is 48.5 Å². The van der Waals surface area contributed by atoms with Crippen LogP contribution in [0.25, 0.3) is 0 Å². The van der Waals surface area contributed by atoms with Crippen LogP contribution >= 0.6 is 0 Å². The second-order valence-corrected chi connectivity index (χ2v) is 9.99. The van der Waals surface area contributed by atoms with Gasteiger partial charge in [0.2, 0.25) is 11.8 Å². The molecule has 18 heteroatoms. The van der Waals surface area contributed by atoms with E-state index in [-0.39, 0.29) is 0 Å². The Bertz CT molecular complexity index is 1100. The predicted molar refractivity (Wildman–Crippen MR) is 140 cm³/mol. The molecule has 2 aliphatic heterocycles. The summed E-state index contributed by atoms with van der Waals surface area (Å²) in [5.41, 5.74) is 0. The highest BCUT2D eigenvalue weighted by Crippen LogP contribution is 2.33. The third-order valence-electron chi connectivity index (χ3n) is 6.15. The zero-order valence-electron chi connectivity index (χ0n) is 25.3. The standard InChI is InChI=1S/C26H38N2O16/c1-10(29)27-19-23(40-15(6)34)22(17(42-25(19)36)8-37-12(3)31)44-26-20(28-11(2)30)24(41-16(7)35)21(39-14(5)33)18(43-26)9-38-13(4)32/h17-26,36H,8-9H2,1-7H3,(H,27,29)(H,28,30)/t17?,18?,19?,20?,21-,22-,23-,24-,25+,26+/m1/s1. The molecule has 2 aliphatic rings. The summed E-state index contributed by atoms with van der Waals surface area (Å²) in [4.78, 5) is 83.8. The van der Waals surface area contributed by atoms with Crippen molar-refractivity contribution in [2.75, 3.05) is 13.2 Å². The first kappa shape index (κ1) is 36.3.